The van der Waals surface area contributed by atoms with Crippen LogP contribution in [-0.2, 0) is 26.2 Å². The monoisotopic (exact) mass is 527 g/mol. The molecule has 1 aliphatic carbocycles. The first-order chi connectivity index (χ1) is 17.5. The summed E-state index contributed by atoms with van der Waals surface area (Å²) in [5, 5.41) is 3.13. The van der Waals surface area contributed by atoms with E-state index in [1.807, 2.05) is 64.1 Å². The van der Waals surface area contributed by atoms with E-state index in [0.717, 1.165) is 48.6 Å². The van der Waals surface area contributed by atoms with E-state index in [4.69, 9.17) is 0 Å². The van der Waals surface area contributed by atoms with E-state index in [1.165, 1.54) is 4.31 Å². The first-order valence-corrected chi connectivity index (χ1v) is 15.1. The zero-order valence-electron chi connectivity index (χ0n) is 22.7. The number of benzene rings is 2. The van der Waals surface area contributed by atoms with Crippen molar-refractivity contribution >= 4 is 27.5 Å². The van der Waals surface area contributed by atoms with Crippen LogP contribution in [0.15, 0.2) is 48.5 Å². The van der Waals surface area contributed by atoms with Crippen molar-refractivity contribution in [3.63, 3.8) is 0 Å². The lowest BCUT2D eigenvalue weighted by molar-refractivity contribution is -0.140. The highest BCUT2D eigenvalue weighted by molar-refractivity contribution is 7.92. The lowest BCUT2D eigenvalue weighted by Gasteiger charge is -2.34. The summed E-state index contributed by atoms with van der Waals surface area (Å²) in [5.41, 5.74) is 3.32. The lowest BCUT2D eigenvalue weighted by atomic mass is 10.0. The predicted octanol–water partition coefficient (Wildman–Crippen LogP) is 4.75. The third-order valence-electron chi connectivity index (χ3n) is 7.07. The Balaban J connectivity index is 1.96. The molecule has 0 aliphatic heterocycles. The summed E-state index contributed by atoms with van der Waals surface area (Å²) in [6.45, 7) is 7.71. The maximum Gasteiger partial charge on any atom is 0.244 e. The number of rotatable bonds is 11. The number of sulfonamides is 1. The molecule has 0 aromatic heterocycles. The molecule has 2 amide bonds. The molecule has 1 aliphatic rings. The second-order valence-corrected chi connectivity index (χ2v) is 12.3. The maximum atomic E-state index is 13.9. The Labute approximate surface area is 222 Å². The van der Waals surface area contributed by atoms with Crippen molar-refractivity contribution in [3.8, 4) is 0 Å². The van der Waals surface area contributed by atoms with Crippen LogP contribution in [0.1, 0.15) is 75.5 Å². The van der Waals surface area contributed by atoms with Gasteiger partial charge >= 0.3 is 0 Å². The van der Waals surface area contributed by atoms with Crippen molar-refractivity contribution in [2.45, 2.75) is 84.3 Å². The fourth-order valence-corrected chi connectivity index (χ4v) is 5.84. The van der Waals surface area contributed by atoms with Gasteiger partial charge in [0.05, 0.1) is 11.9 Å². The van der Waals surface area contributed by atoms with E-state index in [-0.39, 0.29) is 31.0 Å². The van der Waals surface area contributed by atoms with Crippen molar-refractivity contribution < 1.29 is 18.0 Å². The molecule has 1 atom stereocenters. The summed E-state index contributed by atoms with van der Waals surface area (Å²) in [6.07, 6.45) is 5.62. The summed E-state index contributed by atoms with van der Waals surface area (Å²) in [6, 6.07) is 14.5. The van der Waals surface area contributed by atoms with Crippen LogP contribution < -0.4 is 9.62 Å². The SMILES string of the molecule is CC[C@H](C(=O)NC1CCCC1)N(Cc1ccc(C)cc1)C(=O)CN(c1ccccc1C(C)C)S(C)(=O)=O. The molecule has 0 unspecified atom stereocenters. The van der Waals surface area contributed by atoms with Gasteiger partial charge in [0.1, 0.15) is 12.6 Å². The average Bonchev–Trinajstić information content (AvgIpc) is 3.35. The molecule has 37 heavy (non-hydrogen) atoms. The number of carbonyl (C=O) groups is 2. The minimum absolute atomic E-state index is 0.0693. The van der Waals surface area contributed by atoms with E-state index in [1.54, 1.807) is 17.0 Å². The molecular formula is C29H41N3O4S. The minimum Gasteiger partial charge on any atom is -0.352 e. The van der Waals surface area contributed by atoms with Gasteiger partial charge in [-0.05, 0) is 49.3 Å². The number of hydrogen-bond acceptors (Lipinski definition) is 4. The second-order valence-electron chi connectivity index (χ2n) is 10.4. The summed E-state index contributed by atoms with van der Waals surface area (Å²) >= 11 is 0. The second kappa shape index (κ2) is 12.6. The highest BCUT2D eigenvalue weighted by Gasteiger charge is 2.33. The van der Waals surface area contributed by atoms with Crippen molar-refractivity contribution in [2.75, 3.05) is 17.1 Å². The van der Waals surface area contributed by atoms with Crippen LogP contribution in [0.25, 0.3) is 0 Å². The molecule has 7 nitrogen and oxygen atoms in total. The van der Waals surface area contributed by atoms with Crippen LogP contribution in [0, 0.1) is 6.92 Å². The summed E-state index contributed by atoms with van der Waals surface area (Å²) in [7, 11) is -3.77. The van der Waals surface area contributed by atoms with E-state index in [0.29, 0.717) is 12.1 Å². The van der Waals surface area contributed by atoms with Gasteiger partial charge in [0, 0.05) is 12.6 Å². The van der Waals surface area contributed by atoms with E-state index >= 15 is 0 Å². The molecule has 1 fully saturated rings. The molecule has 1 N–H and O–H groups in total. The molecule has 8 heteroatoms. The Morgan fingerprint density at radius 2 is 1.65 bits per heavy atom. The third-order valence-corrected chi connectivity index (χ3v) is 8.19. The number of nitrogens with one attached hydrogen (secondary N) is 1. The number of aryl methyl sites for hydroxylation is 1. The molecule has 202 valence electrons. The number of amides is 2. The van der Waals surface area contributed by atoms with E-state index < -0.39 is 22.0 Å². The summed E-state index contributed by atoms with van der Waals surface area (Å²) in [5.74, 6) is -0.513. The molecule has 3 rings (SSSR count). The van der Waals surface area contributed by atoms with Crippen LogP contribution in [0.3, 0.4) is 0 Å². The van der Waals surface area contributed by atoms with Crippen molar-refractivity contribution in [3.05, 3.63) is 65.2 Å². The first kappa shape index (κ1) is 28.7. The van der Waals surface area contributed by atoms with Gasteiger partial charge in [-0.25, -0.2) is 8.42 Å². The smallest absolute Gasteiger partial charge is 0.244 e. The predicted molar refractivity (Wildman–Crippen MR) is 149 cm³/mol. The highest BCUT2D eigenvalue weighted by Crippen LogP contribution is 2.29. The van der Waals surface area contributed by atoms with Gasteiger partial charge in [0.25, 0.3) is 0 Å². The topological polar surface area (TPSA) is 86.8 Å². The average molecular weight is 528 g/mol. The van der Waals surface area contributed by atoms with Crippen LogP contribution in [0.2, 0.25) is 0 Å². The molecule has 2 aromatic rings. The van der Waals surface area contributed by atoms with Gasteiger partial charge in [-0.1, -0.05) is 81.6 Å². The number of hydrogen-bond donors (Lipinski definition) is 1. The van der Waals surface area contributed by atoms with Gasteiger partial charge in [0.2, 0.25) is 21.8 Å². The third kappa shape index (κ3) is 7.57. The Morgan fingerprint density at radius 1 is 1.03 bits per heavy atom. The van der Waals surface area contributed by atoms with Gasteiger partial charge in [-0.2, -0.15) is 0 Å². The zero-order chi connectivity index (χ0) is 27.2. The molecule has 0 saturated heterocycles. The highest BCUT2D eigenvalue weighted by atomic mass is 32.2. The Hall–Kier alpha value is -2.87. The van der Waals surface area contributed by atoms with E-state index in [2.05, 4.69) is 5.32 Å². The van der Waals surface area contributed by atoms with Gasteiger partial charge in [-0.15, -0.1) is 0 Å². The fraction of sp³-hybridized carbons (Fsp3) is 0.517. The van der Waals surface area contributed by atoms with Crippen molar-refractivity contribution in [1.29, 1.82) is 0 Å². The largest absolute Gasteiger partial charge is 0.352 e. The van der Waals surface area contributed by atoms with Crippen LogP contribution in [-0.4, -0.2) is 50.0 Å². The Bertz CT molecular complexity index is 1170. The fourth-order valence-electron chi connectivity index (χ4n) is 4.97. The standard InChI is InChI=1S/C29H41N3O4S/c1-6-26(29(34)30-24-11-7-8-12-24)31(19-23-17-15-22(4)16-18-23)28(33)20-32(37(5,35)36)27-14-10-9-13-25(27)21(2)3/h9-10,13-18,21,24,26H,6-8,11-12,19-20H2,1-5H3,(H,30,34)/t26-/m1/s1. The van der Waals surface area contributed by atoms with Gasteiger partial charge in [-0.3, -0.25) is 13.9 Å². The molecular weight excluding hydrogens is 486 g/mol. The number of carbonyl (C=O) groups excluding carboxylic acids is 2. The molecule has 0 radical (unpaired) electrons. The molecule has 0 heterocycles. The van der Waals surface area contributed by atoms with Crippen LogP contribution in [0.4, 0.5) is 5.69 Å². The quantitative estimate of drug-likeness (QED) is 0.457. The normalized spacial score (nSPS) is 15.0. The summed E-state index contributed by atoms with van der Waals surface area (Å²) in [4.78, 5) is 28.8. The van der Waals surface area contributed by atoms with E-state index in [9.17, 15) is 18.0 Å². The molecule has 2 aromatic carbocycles. The molecule has 1 saturated carbocycles. The van der Waals surface area contributed by atoms with Gasteiger partial charge < -0.3 is 10.2 Å². The Kier molecular flexibility index (Phi) is 9.76. The minimum atomic E-state index is -3.77. The van der Waals surface area contributed by atoms with Crippen LogP contribution in [0.5, 0.6) is 0 Å². The van der Waals surface area contributed by atoms with Crippen LogP contribution >= 0.6 is 0 Å². The number of para-hydroxylation sites is 1. The van der Waals surface area contributed by atoms with Crippen molar-refractivity contribution in [2.24, 2.45) is 0 Å². The number of nitrogens with zero attached hydrogens (tertiary/aromatic N) is 2. The first-order valence-electron chi connectivity index (χ1n) is 13.2. The molecule has 0 spiro atoms. The zero-order valence-corrected chi connectivity index (χ0v) is 23.6. The van der Waals surface area contributed by atoms with Crippen molar-refractivity contribution in [1.82, 2.24) is 10.2 Å². The van der Waals surface area contributed by atoms with Gasteiger partial charge in [0.15, 0.2) is 0 Å². The number of anilines is 1. The molecule has 0 bridgehead atoms. The lowest BCUT2D eigenvalue weighted by Crippen LogP contribution is -2.53. The summed E-state index contributed by atoms with van der Waals surface area (Å²) < 4.78 is 27.1. The maximum absolute atomic E-state index is 13.9. The Morgan fingerprint density at radius 3 is 2.22 bits per heavy atom.